The fourth-order valence-corrected chi connectivity index (χ4v) is 3.06. The second-order valence-corrected chi connectivity index (χ2v) is 5.95. The molecule has 0 spiro atoms. The third kappa shape index (κ3) is 2.71. The van der Waals surface area contributed by atoms with E-state index in [9.17, 15) is 0 Å². The average molecular weight is 266 g/mol. The molecular formula is C15H20ClNO. The summed E-state index contributed by atoms with van der Waals surface area (Å²) in [5.41, 5.74) is 2.40. The summed E-state index contributed by atoms with van der Waals surface area (Å²) in [6.07, 6.45) is 4.25. The van der Waals surface area contributed by atoms with E-state index in [1.54, 1.807) is 0 Å². The zero-order valence-electron chi connectivity index (χ0n) is 10.8. The van der Waals surface area contributed by atoms with Crippen LogP contribution < -0.4 is 5.32 Å². The maximum absolute atomic E-state index is 6.26. The molecule has 2 atom stereocenters. The standard InChI is InChI=1S/C15H20ClNO/c1-10-2-3-12(13(16)8-10)9-17-14-6-7-18-15(14)11-4-5-11/h2-3,8,11,14-15,17H,4-7,9H2,1H3. The van der Waals surface area contributed by atoms with Crippen molar-refractivity contribution in [2.24, 2.45) is 5.92 Å². The van der Waals surface area contributed by atoms with Crippen LogP contribution >= 0.6 is 11.6 Å². The molecule has 1 heterocycles. The topological polar surface area (TPSA) is 21.3 Å². The van der Waals surface area contributed by atoms with Crippen LogP contribution in [-0.4, -0.2) is 18.8 Å². The summed E-state index contributed by atoms with van der Waals surface area (Å²) in [6, 6.07) is 6.77. The monoisotopic (exact) mass is 265 g/mol. The van der Waals surface area contributed by atoms with Crippen molar-refractivity contribution >= 4 is 11.6 Å². The molecule has 18 heavy (non-hydrogen) atoms. The molecule has 1 aromatic carbocycles. The lowest BCUT2D eigenvalue weighted by molar-refractivity contribution is 0.0809. The van der Waals surface area contributed by atoms with Crippen molar-refractivity contribution in [3.63, 3.8) is 0 Å². The van der Waals surface area contributed by atoms with E-state index in [0.29, 0.717) is 12.1 Å². The Morgan fingerprint density at radius 2 is 2.17 bits per heavy atom. The highest BCUT2D eigenvalue weighted by molar-refractivity contribution is 6.31. The van der Waals surface area contributed by atoms with Gasteiger partial charge < -0.3 is 10.1 Å². The first-order valence-corrected chi connectivity index (χ1v) is 7.22. The van der Waals surface area contributed by atoms with Gasteiger partial charge in [-0.25, -0.2) is 0 Å². The van der Waals surface area contributed by atoms with Crippen molar-refractivity contribution in [2.75, 3.05) is 6.61 Å². The average Bonchev–Trinajstić information content (AvgIpc) is 3.08. The molecular weight excluding hydrogens is 246 g/mol. The summed E-state index contributed by atoms with van der Waals surface area (Å²) in [4.78, 5) is 0. The van der Waals surface area contributed by atoms with Crippen molar-refractivity contribution in [3.8, 4) is 0 Å². The summed E-state index contributed by atoms with van der Waals surface area (Å²) in [7, 11) is 0. The zero-order valence-corrected chi connectivity index (χ0v) is 11.5. The second kappa shape index (κ2) is 5.20. The Morgan fingerprint density at radius 3 is 2.89 bits per heavy atom. The highest BCUT2D eigenvalue weighted by Gasteiger charge is 2.40. The van der Waals surface area contributed by atoms with Crippen LogP contribution in [0.2, 0.25) is 5.02 Å². The zero-order chi connectivity index (χ0) is 12.5. The Hall–Kier alpha value is -0.570. The first-order chi connectivity index (χ1) is 8.74. The van der Waals surface area contributed by atoms with Gasteiger partial charge in [0, 0.05) is 24.2 Å². The van der Waals surface area contributed by atoms with Crippen LogP contribution in [0.3, 0.4) is 0 Å². The summed E-state index contributed by atoms with van der Waals surface area (Å²) < 4.78 is 5.83. The minimum absolute atomic E-state index is 0.439. The van der Waals surface area contributed by atoms with E-state index in [1.165, 1.54) is 24.0 Å². The maximum Gasteiger partial charge on any atom is 0.0757 e. The van der Waals surface area contributed by atoms with E-state index in [4.69, 9.17) is 16.3 Å². The summed E-state index contributed by atoms with van der Waals surface area (Å²) in [5.74, 6) is 0.804. The van der Waals surface area contributed by atoms with E-state index in [-0.39, 0.29) is 0 Å². The van der Waals surface area contributed by atoms with Gasteiger partial charge in [-0.2, -0.15) is 0 Å². The van der Waals surface area contributed by atoms with E-state index in [2.05, 4.69) is 24.4 Å². The minimum atomic E-state index is 0.439. The molecule has 3 rings (SSSR count). The molecule has 0 aromatic heterocycles. The van der Waals surface area contributed by atoms with E-state index in [1.807, 2.05) is 6.07 Å². The van der Waals surface area contributed by atoms with Crippen LogP contribution in [0, 0.1) is 12.8 Å². The molecule has 0 radical (unpaired) electrons. The minimum Gasteiger partial charge on any atom is -0.376 e. The Kier molecular flexibility index (Phi) is 3.60. The first-order valence-electron chi connectivity index (χ1n) is 6.84. The number of rotatable bonds is 4. The van der Waals surface area contributed by atoms with Crippen molar-refractivity contribution in [3.05, 3.63) is 34.3 Å². The lowest BCUT2D eigenvalue weighted by Crippen LogP contribution is -2.37. The molecule has 2 fully saturated rings. The SMILES string of the molecule is Cc1ccc(CNC2CCOC2C2CC2)c(Cl)c1. The molecule has 2 unspecified atom stereocenters. The van der Waals surface area contributed by atoms with Gasteiger partial charge in [-0.05, 0) is 49.3 Å². The molecule has 98 valence electrons. The fraction of sp³-hybridized carbons (Fsp3) is 0.600. The normalized spacial score (nSPS) is 27.7. The molecule has 3 heteroatoms. The largest absolute Gasteiger partial charge is 0.376 e. The summed E-state index contributed by atoms with van der Waals surface area (Å²) in [5, 5.41) is 4.49. The number of nitrogens with one attached hydrogen (secondary N) is 1. The molecule has 1 saturated heterocycles. The second-order valence-electron chi connectivity index (χ2n) is 5.54. The van der Waals surface area contributed by atoms with Gasteiger partial charge in [-0.3, -0.25) is 0 Å². The van der Waals surface area contributed by atoms with Crippen LogP contribution in [0.5, 0.6) is 0 Å². The van der Waals surface area contributed by atoms with Crippen molar-refractivity contribution < 1.29 is 4.74 Å². The van der Waals surface area contributed by atoms with Crippen LogP contribution in [0.15, 0.2) is 18.2 Å². The number of hydrogen-bond donors (Lipinski definition) is 1. The van der Waals surface area contributed by atoms with Crippen molar-refractivity contribution in [1.82, 2.24) is 5.32 Å². The first kappa shape index (κ1) is 12.5. The smallest absolute Gasteiger partial charge is 0.0757 e. The lowest BCUT2D eigenvalue weighted by atomic mass is 10.1. The Balaban J connectivity index is 1.60. The van der Waals surface area contributed by atoms with E-state index in [0.717, 1.165) is 30.5 Å². The van der Waals surface area contributed by atoms with Crippen LogP contribution in [0.25, 0.3) is 0 Å². The van der Waals surface area contributed by atoms with Gasteiger partial charge in [0.1, 0.15) is 0 Å². The van der Waals surface area contributed by atoms with Crippen LogP contribution in [0.1, 0.15) is 30.4 Å². The predicted octanol–water partition coefficient (Wildman–Crippen LogP) is 3.31. The van der Waals surface area contributed by atoms with Gasteiger partial charge in [0.05, 0.1) is 6.10 Å². The van der Waals surface area contributed by atoms with Crippen LogP contribution in [0.4, 0.5) is 0 Å². The van der Waals surface area contributed by atoms with Gasteiger partial charge in [0.25, 0.3) is 0 Å². The highest BCUT2D eigenvalue weighted by Crippen LogP contribution is 2.38. The number of aryl methyl sites for hydroxylation is 1. The lowest BCUT2D eigenvalue weighted by Gasteiger charge is -2.20. The predicted molar refractivity (Wildman–Crippen MR) is 73.9 cm³/mol. The number of ether oxygens (including phenoxy) is 1. The highest BCUT2D eigenvalue weighted by atomic mass is 35.5. The number of halogens is 1. The maximum atomic E-state index is 6.26. The van der Waals surface area contributed by atoms with Gasteiger partial charge in [0.15, 0.2) is 0 Å². The third-order valence-corrected chi connectivity index (χ3v) is 4.34. The van der Waals surface area contributed by atoms with Gasteiger partial charge in [-0.1, -0.05) is 23.7 Å². The van der Waals surface area contributed by atoms with Crippen LogP contribution in [-0.2, 0) is 11.3 Å². The molecule has 2 aliphatic rings. The summed E-state index contributed by atoms with van der Waals surface area (Å²) >= 11 is 6.26. The molecule has 1 aliphatic heterocycles. The Morgan fingerprint density at radius 1 is 1.33 bits per heavy atom. The van der Waals surface area contributed by atoms with E-state index >= 15 is 0 Å². The number of hydrogen-bond acceptors (Lipinski definition) is 2. The molecule has 1 saturated carbocycles. The number of benzene rings is 1. The summed E-state index contributed by atoms with van der Waals surface area (Å²) in [6.45, 7) is 3.81. The Labute approximate surface area is 114 Å². The molecule has 0 amide bonds. The molecule has 1 N–H and O–H groups in total. The van der Waals surface area contributed by atoms with Crippen molar-refractivity contribution in [2.45, 2.75) is 44.9 Å². The fourth-order valence-electron chi connectivity index (χ4n) is 2.76. The third-order valence-electron chi connectivity index (χ3n) is 3.99. The van der Waals surface area contributed by atoms with Gasteiger partial charge in [0.2, 0.25) is 0 Å². The van der Waals surface area contributed by atoms with E-state index < -0.39 is 0 Å². The van der Waals surface area contributed by atoms with Gasteiger partial charge in [-0.15, -0.1) is 0 Å². The van der Waals surface area contributed by atoms with Crippen molar-refractivity contribution in [1.29, 1.82) is 0 Å². The molecule has 1 aromatic rings. The quantitative estimate of drug-likeness (QED) is 0.902. The molecule has 1 aliphatic carbocycles. The van der Waals surface area contributed by atoms with Gasteiger partial charge >= 0.3 is 0 Å². The molecule has 0 bridgehead atoms. The Bertz CT molecular complexity index is 431. The molecule has 2 nitrogen and oxygen atoms in total.